The Labute approximate surface area is 134 Å². The van der Waals surface area contributed by atoms with Crippen molar-refractivity contribution in [2.75, 3.05) is 43.8 Å². The molecule has 1 rings (SSSR count). The summed E-state index contributed by atoms with van der Waals surface area (Å²) in [4.78, 5) is 11.1. The average Bonchev–Trinajstić information content (AvgIpc) is 2.52. The van der Waals surface area contributed by atoms with Gasteiger partial charge in [0.2, 0.25) is 5.88 Å². The van der Waals surface area contributed by atoms with Gasteiger partial charge in [0.25, 0.3) is 0 Å². The lowest BCUT2D eigenvalue weighted by Crippen LogP contribution is -2.24. The first-order valence-corrected chi connectivity index (χ1v) is 8.35. The molecular formula is C16H31N5O. The molecule has 0 fully saturated rings. The first-order chi connectivity index (χ1) is 10.6. The highest BCUT2D eigenvalue weighted by molar-refractivity contribution is 5.66. The zero-order chi connectivity index (χ0) is 16.4. The summed E-state index contributed by atoms with van der Waals surface area (Å²) in [5.74, 6) is 1.84. The van der Waals surface area contributed by atoms with Crippen LogP contribution in [0.4, 0.5) is 11.5 Å². The summed E-state index contributed by atoms with van der Waals surface area (Å²) in [5.41, 5.74) is 6.58. The molecule has 0 aromatic carbocycles. The molecule has 0 saturated carbocycles. The Kier molecular flexibility index (Phi) is 8.58. The minimum atomic E-state index is 0.486. The van der Waals surface area contributed by atoms with Gasteiger partial charge in [-0.3, -0.25) is 0 Å². The third-order valence-corrected chi connectivity index (χ3v) is 3.55. The summed E-state index contributed by atoms with van der Waals surface area (Å²) < 4.78 is 5.57. The number of rotatable bonds is 11. The van der Waals surface area contributed by atoms with Crippen molar-refractivity contribution in [3.8, 4) is 5.88 Å². The SMILES string of the molecule is CCCOc1nc(C)nc(NCCCCN(CC)CC)c1N. The minimum absolute atomic E-state index is 0.486. The van der Waals surface area contributed by atoms with Gasteiger partial charge in [-0.1, -0.05) is 20.8 Å². The molecule has 0 radical (unpaired) electrons. The van der Waals surface area contributed by atoms with Gasteiger partial charge in [0.05, 0.1) is 6.61 Å². The topological polar surface area (TPSA) is 76.3 Å². The molecule has 1 heterocycles. The van der Waals surface area contributed by atoms with Crippen LogP contribution in [0, 0.1) is 6.92 Å². The summed E-state index contributed by atoms with van der Waals surface area (Å²) in [6.07, 6.45) is 3.18. The van der Waals surface area contributed by atoms with Gasteiger partial charge < -0.3 is 20.7 Å². The molecule has 0 amide bonds. The van der Waals surface area contributed by atoms with Gasteiger partial charge in [0.1, 0.15) is 11.5 Å². The Morgan fingerprint density at radius 1 is 1.14 bits per heavy atom. The zero-order valence-corrected chi connectivity index (χ0v) is 14.5. The molecule has 0 aliphatic heterocycles. The van der Waals surface area contributed by atoms with Crippen LogP contribution in [-0.4, -0.2) is 47.7 Å². The van der Waals surface area contributed by atoms with Gasteiger partial charge in [0, 0.05) is 6.54 Å². The van der Waals surface area contributed by atoms with E-state index in [-0.39, 0.29) is 0 Å². The fourth-order valence-electron chi connectivity index (χ4n) is 2.21. The third-order valence-electron chi connectivity index (χ3n) is 3.55. The zero-order valence-electron chi connectivity index (χ0n) is 14.5. The molecule has 0 aliphatic carbocycles. The largest absolute Gasteiger partial charge is 0.476 e. The van der Waals surface area contributed by atoms with E-state index in [1.807, 2.05) is 6.92 Å². The van der Waals surface area contributed by atoms with Crippen LogP contribution in [0.15, 0.2) is 0 Å². The predicted octanol–water partition coefficient (Wildman–Crippen LogP) is 2.69. The molecule has 6 heteroatoms. The number of hydrogen-bond donors (Lipinski definition) is 2. The standard InChI is InChI=1S/C16H31N5O/c1-5-12-22-16-14(17)15(19-13(4)20-16)18-10-8-9-11-21(6-2)7-3/h5-12,17H2,1-4H3,(H,18,19,20). The Morgan fingerprint density at radius 2 is 1.86 bits per heavy atom. The molecule has 0 bridgehead atoms. The maximum atomic E-state index is 6.08. The molecule has 1 aromatic heterocycles. The summed E-state index contributed by atoms with van der Waals surface area (Å²) >= 11 is 0. The normalized spacial score (nSPS) is 11.0. The molecule has 0 spiro atoms. The van der Waals surface area contributed by atoms with Crippen LogP contribution in [-0.2, 0) is 0 Å². The highest BCUT2D eigenvalue weighted by Crippen LogP contribution is 2.26. The van der Waals surface area contributed by atoms with E-state index in [0.29, 0.717) is 29.8 Å². The van der Waals surface area contributed by atoms with E-state index in [1.165, 1.54) is 0 Å². The van der Waals surface area contributed by atoms with Gasteiger partial charge in [-0.25, -0.2) is 4.98 Å². The lowest BCUT2D eigenvalue weighted by atomic mass is 10.3. The van der Waals surface area contributed by atoms with Crippen molar-refractivity contribution in [2.45, 2.75) is 47.0 Å². The van der Waals surface area contributed by atoms with Crippen LogP contribution >= 0.6 is 0 Å². The van der Waals surface area contributed by atoms with Crippen molar-refractivity contribution in [1.29, 1.82) is 0 Å². The maximum Gasteiger partial charge on any atom is 0.242 e. The highest BCUT2D eigenvalue weighted by atomic mass is 16.5. The van der Waals surface area contributed by atoms with E-state index in [0.717, 1.165) is 45.4 Å². The highest BCUT2D eigenvalue weighted by Gasteiger charge is 2.11. The Bertz CT molecular complexity index is 435. The molecule has 3 N–H and O–H groups in total. The number of nitrogens with zero attached hydrogens (tertiary/aromatic N) is 3. The van der Waals surface area contributed by atoms with Crippen LogP contribution in [0.3, 0.4) is 0 Å². The molecule has 0 atom stereocenters. The Morgan fingerprint density at radius 3 is 2.50 bits per heavy atom. The second kappa shape index (κ2) is 10.2. The summed E-state index contributed by atoms with van der Waals surface area (Å²) in [7, 11) is 0. The summed E-state index contributed by atoms with van der Waals surface area (Å²) in [6.45, 7) is 13.1. The first-order valence-electron chi connectivity index (χ1n) is 8.35. The van der Waals surface area contributed by atoms with Crippen LogP contribution in [0.5, 0.6) is 5.88 Å². The van der Waals surface area contributed by atoms with E-state index < -0.39 is 0 Å². The van der Waals surface area contributed by atoms with Crippen molar-refractivity contribution in [1.82, 2.24) is 14.9 Å². The van der Waals surface area contributed by atoms with Crippen LogP contribution < -0.4 is 15.8 Å². The Hall–Kier alpha value is -1.56. The number of ether oxygens (including phenoxy) is 1. The molecular weight excluding hydrogens is 278 g/mol. The smallest absolute Gasteiger partial charge is 0.242 e. The second-order valence-corrected chi connectivity index (χ2v) is 5.35. The third kappa shape index (κ3) is 6.05. The van der Waals surface area contributed by atoms with Gasteiger partial charge in [-0.05, 0) is 45.8 Å². The van der Waals surface area contributed by atoms with E-state index in [2.05, 4.69) is 41.0 Å². The van der Waals surface area contributed by atoms with Crippen LogP contribution in [0.25, 0.3) is 0 Å². The molecule has 0 unspecified atom stereocenters. The number of nitrogens with one attached hydrogen (secondary N) is 1. The molecule has 0 aliphatic rings. The van der Waals surface area contributed by atoms with Gasteiger partial charge in [0.15, 0.2) is 5.82 Å². The molecule has 126 valence electrons. The number of aromatic nitrogens is 2. The number of hydrogen-bond acceptors (Lipinski definition) is 6. The monoisotopic (exact) mass is 309 g/mol. The molecule has 1 aromatic rings. The van der Waals surface area contributed by atoms with E-state index >= 15 is 0 Å². The van der Waals surface area contributed by atoms with Crippen LogP contribution in [0.1, 0.15) is 45.9 Å². The predicted molar refractivity (Wildman–Crippen MR) is 92.5 cm³/mol. The lowest BCUT2D eigenvalue weighted by Gasteiger charge is -2.18. The maximum absolute atomic E-state index is 6.08. The fraction of sp³-hybridized carbons (Fsp3) is 0.750. The van der Waals surface area contributed by atoms with Gasteiger partial charge in [-0.2, -0.15) is 4.98 Å². The van der Waals surface area contributed by atoms with Gasteiger partial charge >= 0.3 is 0 Å². The summed E-state index contributed by atoms with van der Waals surface area (Å²) in [5, 5.41) is 3.31. The lowest BCUT2D eigenvalue weighted by molar-refractivity contribution is 0.298. The number of anilines is 2. The number of unbranched alkanes of at least 4 members (excludes halogenated alkanes) is 1. The fourth-order valence-corrected chi connectivity index (χ4v) is 2.21. The number of nitrogens with two attached hydrogens (primary N) is 1. The molecule has 0 saturated heterocycles. The quantitative estimate of drug-likeness (QED) is 0.612. The van der Waals surface area contributed by atoms with Crippen molar-refractivity contribution in [2.24, 2.45) is 0 Å². The van der Waals surface area contributed by atoms with Gasteiger partial charge in [-0.15, -0.1) is 0 Å². The van der Waals surface area contributed by atoms with Crippen molar-refractivity contribution < 1.29 is 4.74 Å². The molecule has 6 nitrogen and oxygen atoms in total. The average molecular weight is 309 g/mol. The van der Waals surface area contributed by atoms with E-state index in [4.69, 9.17) is 10.5 Å². The Balaban J connectivity index is 2.46. The van der Waals surface area contributed by atoms with E-state index in [1.54, 1.807) is 0 Å². The first kappa shape index (κ1) is 18.5. The van der Waals surface area contributed by atoms with Crippen molar-refractivity contribution >= 4 is 11.5 Å². The number of nitrogen functional groups attached to an aromatic ring is 1. The molecule has 22 heavy (non-hydrogen) atoms. The number of aryl methyl sites for hydroxylation is 1. The summed E-state index contributed by atoms with van der Waals surface area (Å²) in [6, 6.07) is 0. The minimum Gasteiger partial charge on any atom is -0.476 e. The second-order valence-electron chi connectivity index (χ2n) is 5.35. The van der Waals surface area contributed by atoms with Crippen LogP contribution in [0.2, 0.25) is 0 Å². The van der Waals surface area contributed by atoms with Crippen molar-refractivity contribution in [3.63, 3.8) is 0 Å². The van der Waals surface area contributed by atoms with E-state index in [9.17, 15) is 0 Å². The van der Waals surface area contributed by atoms with Crippen molar-refractivity contribution in [3.05, 3.63) is 5.82 Å².